The summed E-state index contributed by atoms with van der Waals surface area (Å²) in [5, 5.41) is 0. The van der Waals surface area contributed by atoms with E-state index in [-0.39, 0.29) is 0 Å². The third-order valence-electron chi connectivity index (χ3n) is 2.47. The van der Waals surface area contributed by atoms with Crippen LogP contribution in [0.25, 0.3) is 0 Å². The molecule has 0 aliphatic heterocycles. The van der Waals surface area contributed by atoms with Crippen LogP contribution in [0.2, 0.25) is 0 Å². The van der Waals surface area contributed by atoms with Gasteiger partial charge in [-0.25, -0.2) is 0 Å². The monoisotopic (exact) mass is 207 g/mol. The maximum Gasteiger partial charge on any atom is -0.0316 e. The van der Waals surface area contributed by atoms with Crippen LogP contribution in [-0.4, -0.2) is 0 Å². The molecule has 0 heterocycles. The third kappa shape index (κ3) is 13.5. The molecule has 0 aliphatic carbocycles. The van der Waals surface area contributed by atoms with Crippen molar-refractivity contribution >= 4 is 0 Å². The maximum atomic E-state index is 3.76. The number of rotatable bonds is 10. The topological polar surface area (TPSA) is 0 Å². The Bertz CT molecular complexity index is 153. The molecule has 0 aliphatic rings. The summed E-state index contributed by atoms with van der Waals surface area (Å²) < 4.78 is 0. The molecule has 0 fully saturated rings. The second-order valence-electron chi connectivity index (χ2n) is 4.01. The molecule has 0 aromatic rings. The smallest absolute Gasteiger partial charge is 0.0316 e. The van der Waals surface area contributed by atoms with Gasteiger partial charge in [-0.1, -0.05) is 56.9 Å². The highest BCUT2D eigenvalue weighted by Gasteiger charge is 1.86. The molecule has 0 N–H and O–H groups in total. The molecule has 87 valence electrons. The van der Waals surface area contributed by atoms with Crippen LogP contribution >= 0.6 is 0 Å². The van der Waals surface area contributed by atoms with E-state index in [1.165, 1.54) is 51.4 Å². The minimum atomic E-state index is 0.918. The fraction of sp³-hybridized carbons (Fsp3) is 0.667. The summed E-state index contributed by atoms with van der Waals surface area (Å²) in [4.78, 5) is 0. The van der Waals surface area contributed by atoms with Gasteiger partial charge in [0, 0.05) is 0 Å². The Morgan fingerprint density at radius 2 is 1.33 bits per heavy atom. The molecule has 0 rings (SSSR count). The van der Waals surface area contributed by atoms with E-state index in [0.717, 1.165) is 6.42 Å². The van der Waals surface area contributed by atoms with Gasteiger partial charge in [0.2, 0.25) is 0 Å². The fourth-order valence-corrected chi connectivity index (χ4v) is 1.53. The summed E-state index contributed by atoms with van der Waals surface area (Å²) in [5.41, 5.74) is 0. The maximum absolute atomic E-state index is 3.76. The van der Waals surface area contributed by atoms with Crippen molar-refractivity contribution in [3.05, 3.63) is 31.2 Å². The number of hydrogen-bond donors (Lipinski definition) is 0. The minimum absolute atomic E-state index is 0.918. The van der Waals surface area contributed by atoms with Crippen molar-refractivity contribution in [2.24, 2.45) is 0 Å². The van der Waals surface area contributed by atoms with E-state index in [1.54, 1.807) is 0 Å². The van der Waals surface area contributed by atoms with Gasteiger partial charge in [0.15, 0.2) is 0 Å². The van der Waals surface area contributed by atoms with Crippen molar-refractivity contribution in [3.63, 3.8) is 0 Å². The zero-order chi connectivity index (χ0) is 11.2. The van der Waals surface area contributed by atoms with Gasteiger partial charge in [0.1, 0.15) is 0 Å². The lowest BCUT2D eigenvalue weighted by molar-refractivity contribution is 0.637. The van der Waals surface area contributed by atoms with Crippen LogP contribution in [0.5, 0.6) is 0 Å². The molecule has 0 saturated carbocycles. The van der Waals surface area contributed by atoms with E-state index in [2.05, 4.69) is 38.2 Å². The highest BCUT2D eigenvalue weighted by atomic mass is 13.9. The van der Waals surface area contributed by atoms with Crippen molar-refractivity contribution in [2.45, 2.75) is 64.7 Å². The van der Waals surface area contributed by atoms with Crippen molar-refractivity contribution in [1.82, 2.24) is 0 Å². The van der Waals surface area contributed by atoms with E-state index in [4.69, 9.17) is 0 Å². The lowest BCUT2D eigenvalue weighted by Gasteiger charge is -1.95. The highest BCUT2D eigenvalue weighted by molar-refractivity contribution is 4.88. The molecule has 0 amide bonds. The summed E-state index contributed by atoms with van der Waals surface area (Å²) in [6, 6.07) is 0. The van der Waals surface area contributed by atoms with Gasteiger partial charge >= 0.3 is 0 Å². The molecule has 0 aromatic heterocycles. The normalized spacial score (nSPS) is 11.9. The SMILES string of the molecule is [CH2]CC=CCCC=CCCCCCCC. The number of allylic oxidation sites excluding steroid dienone is 4. The molecule has 0 atom stereocenters. The van der Waals surface area contributed by atoms with Crippen LogP contribution < -0.4 is 0 Å². The van der Waals surface area contributed by atoms with Crippen molar-refractivity contribution < 1.29 is 0 Å². The van der Waals surface area contributed by atoms with Gasteiger partial charge in [0.25, 0.3) is 0 Å². The predicted molar refractivity (Wildman–Crippen MR) is 70.9 cm³/mol. The van der Waals surface area contributed by atoms with E-state index in [0.29, 0.717) is 0 Å². The summed E-state index contributed by atoms with van der Waals surface area (Å²) in [7, 11) is 0. The molecule has 0 aromatic carbocycles. The molecule has 0 unspecified atom stereocenters. The second kappa shape index (κ2) is 13.5. The van der Waals surface area contributed by atoms with Crippen LogP contribution in [0.15, 0.2) is 24.3 Å². The predicted octanol–water partition coefficient (Wildman–Crippen LogP) is 5.46. The molecule has 1 radical (unpaired) electrons. The van der Waals surface area contributed by atoms with Crippen molar-refractivity contribution in [3.8, 4) is 0 Å². The van der Waals surface area contributed by atoms with E-state index in [1.807, 2.05) is 0 Å². The Balaban J connectivity index is 3.07. The average molecular weight is 207 g/mol. The van der Waals surface area contributed by atoms with E-state index < -0.39 is 0 Å². The first-order valence-electron chi connectivity index (χ1n) is 6.51. The zero-order valence-electron chi connectivity index (χ0n) is 10.4. The molecular weight excluding hydrogens is 180 g/mol. The van der Waals surface area contributed by atoms with Gasteiger partial charge in [-0.05, 0) is 39.0 Å². The summed E-state index contributed by atoms with van der Waals surface area (Å²) in [6.07, 6.45) is 20.5. The Morgan fingerprint density at radius 1 is 0.733 bits per heavy atom. The molecular formula is C15H27. The third-order valence-corrected chi connectivity index (χ3v) is 2.47. The Morgan fingerprint density at radius 3 is 2.00 bits per heavy atom. The Labute approximate surface area is 96.5 Å². The Kier molecular flexibility index (Phi) is 13.0. The van der Waals surface area contributed by atoms with Crippen LogP contribution in [0, 0.1) is 6.92 Å². The van der Waals surface area contributed by atoms with Crippen LogP contribution in [0.1, 0.15) is 64.7 Å². The quantitative estimate of drug-likeness (QED) is 0.329. The second-order valence-corrected chi connectivity index (χ2v) is 4.01. The van der Waals surface area contributed by atoms with Crippen molar-refractivity contribution in [2.75, 3.05) is 0 Å². The molecule has 0 heteroatoms. The lowest BCUT2D eigenvalue weighted by atomic mass is 10.1. The van der Waals surface area contributed by atoms with Gasteiger partial charge in [0.05, 0.1) is 0 Å². The molecule has 0 nitrogen and oxygen atoms in total. The standard InChI is InChI=1S/C15H27/c1-3-5-7-9-11-13-15-14-12-10-8-6-4-2/h5,7,13,15H,1,3-4,6,8-12,14H2,2H3. The van der Waals surface area contributed by atoms with Crippen molar-refractivity contribution in [1.29, 1.82) is 0 Å². The largest absolute Gasteiger partial charge is 0.0885 e. The molecule has 0 saturated heterocycles. The minimum Gasteiger partial charge on any atom is -0.0885 e. The summed E-state index contributed by atoms with van der Waals surface area (Å²) >= 11 is 0. The van der Waals surface area contributed by atoms with Crippen LogP contribution in [0.4, 0.5) is 0 Å². The van der Waals surface area contributed by atoms with Gasteiger partial charge in [-0.3, -0.25) is 0 Å². The fourth-order valence-electron chi connectivity index (χ4n) is 1.53. The van der Waals surface area contributed by atoms with E-state index in [9.17, 15) is 0 Å². The summed E-state index contributed by atoms with van der Waals surface area (Å²) in [5.74, 6) is 0. The van der Waals surface area contributed by atoms with Gasteiger partial charge in [-0.2, -0.15) is 0 Å². The van der Waals surface area contributed by atoms with Crippen LogP contribution in [0.3, 0.4) is 0 Å². The zero-order valence-corrected chi connectivity index (χ0v) is 10.4. The molecule has 0 bridgehead atoms. The number of hydrogen-bond acceptors (Lipinski definition) is 0. The highest BCUT2D eigenvalue weighted by Crippen LogP contribution is 2.05. The first-order chi connectivity index (χ1) is 7.41. The van der Waals surface area contributed by atoms with Gasteiger partial charge in [-0.15, -0.1) is 0 Å². The first-order valence-corrected chi connectivity index (χ1v) is 6.51. The van der Waals surface area contributed by atoms with Gasteiger partial charge < -0.3 is 0 Å². The van der Waals surface area contributed by atoms with Crippen LogP contribution in [-0.2, 0) is 0 Å². The Hall–Kier alpha value is -0.520. The first kappa shape index (κ1) is 14.5. The number of unbranched alkanes of at least 4 members (excludes halogenated alkanes) is 6. The summed E-state index contributed by atoms with van der Waals surface area (Å²) in [6.45, 7) is 6.03. The van der Waals surface area contributed by atoms with E-state index >= 15 is 0 Å². The lowest BCUT2D eigenvalue weighted by Crippen LogP contribution is -1.75. The molecule has 0 spiro atoms. The average Bonchev–Trinajstić information content (AvgIpc) is 2.26. The molecule has 15 heavy (non-hydrogen) atoms.